The molecule has 2 N–H and O–H groups in total. The van der Waals surface area contributed by atoms with Gasteiger partial charge in [0.2, 0.25) is 0 Å². The Balaban J connectivity index is 1.66. The van der Waals surface area contributed by atoms with Gasteiger partial charge in [0.25, 0.3) is 0 Å². The number of nitrogens with zero attached hydrogens (tertiary/aromatic N) is 2. The van der Waals surface area contributed by atoms with Crippen LogP contribution in [0.1, 0.15) is 25.7 Å². The molecule has 0 amide bonds. The SMILES string of the molecule is OC(CN1CCCCCC1)CN1CCNCC1. The molecule has 0 radical (unpaired) electrons. The zero-order valence-corrected chi connectivity index (χ0v) is 10.9. The highest BCUT2D eigenvalue weighted by molar-refractivity contribution is 4.74. The van der Waals surface area contributed by atoms with Crippen LogP contribution >= 0.6 is 0 Å². The van der Waals surface area contributed by atoms with E-state index in [4.69, 9.17) is 0 Å². The highest BCUT2D eigenvalue weighted by Crippen LogP contribution is 2.10. The van der Waals surface area contributed by atoms with Crippen LogP contribution in [0.3, 0.4) is 0 Å². The lowest BCUT2D eigenvalue weighted by Crippen LogP contribution is -2.48. The number of likely N-dealkylation sites (tertiary alicyclic amines) is 1. The summed E-state index contributed by atoms with van der Waals surface area (Å²) >= 11 is 0. The second kappa shape index (κ2) is 7.31. The van der Waals surface area contributed by atoms with E-state index in [1.807, 2.05) is 0 Å². The van der Waals surface area contributed by atoms with Crippen molar-refractivity contribution in [2.45, 2.75) is 31.8 Å². The van der Waals surface area contributed by atoms with E-state index in [1.165, 1.54) is 38.8 Å². The molecule has 17 heavy (non-hydrogen) atoms. The Morgan fingerprint density at radius 1 is 0.824 bits per heavy atom. The van der Waals surface area contributed by atoms with Gasteiger partial charge in [-0.3, -0.25) is 4.90 Å². The number of β-amino-alcohol motifs (C(OH)–C–C–N with tert-alkyl or cyclic N) is 1. The van der Waals surface area contributed by atoms with Crippen molar-refractivity contribution >= 4 is 0 Å². The van der Waals surface area contributed by atoms with Crippen molar-refractivity contribution in [2.75, 3.05) is 52.4 Å². The largest absolute Gasteiger partial charge is 0.390 e. The van der Waals surface area contributed by atoms with Gasteiger partial charge in [-0.15, -0.1) is 0 Å². The first-order valence-electron chi connectivity index (χ1n) is 7.18. The molecule has 4 nitrogen and oxygen atoms in total. The van der Waals surface area contributed by atoms with Gasteiger partial charge in [0.05, 0.1) is 6.10 Å². The maximum Gasteiger partial charge on any atom is 0.0793 e. The number of aliphatic hydroxyl groups excluding tert-OH is 1. The van der Waals surface area contributed by atoms with Crippen LogP contribution in [0.15, 0.2) is 0 Å². The van der Waals surface area contributed by atoms with Crippen molar-refractivity contribution in [1.82, 2.24) is 15.1 Å². The molecule has 2 heterocycles. The van der Waals surface area contributed by atoms with Crippen LogP contribution < -0.4 is 5.32 Å². The lowest BCUT2D eigenvalue weighted by molar-refractivity contribution is 0.0705. The van der Waals surface area contributed by atoms with Gasteiger partial charge in [0, 0.05) is 39.3 Å². The molecule has 0 saturated carbocycles. The number of rotatable bonds is 4. The quantitative estimate of drug-likeness (QED) is 0.734. The van der Waals surface area contributed by atoms with Crippen LogP contribution in [0.2, 0.25) is 0 Å². The number of aliphatic hydroxyl groups is 1. The van der Waals surface area contributed by atoms with Crippen LogP contribution in [0, 0.1) is 0 Å². The molecular weight excluding hydrogens is 214 g/mol. The molecule has 0 spiro atoms. The summed E-state index contributed by atoms with van der Waals surface area (Å²) in [6.07, 6.45) is 5.17. The average molecular weight is 241 g/mol. The highest BCUT2D eigenvalue weighted by Gasteiger charge is 2.17. The van der Waals surface area contributed by atoms with E-state index in [0.717, 1.165) is 39.3 Å². The summed E-state index contributed by atoms with van der Waals surface area (Å²) in [7, 11) is 0. The normalized spacial score (nSPS) is 26.6. The van der Waals surface area contributed by atoms with Gasteiger partial charge in [-0.1, -0.05) is 12.8 Å². The van der Waals surface area contributed by atoms with Crippen molar-refractivity contribution in [3.63, 3.8) is 0 Å². The average Bonchev–Trinajstić information content (AvgIpc) is 2.59. The van der Waals surface area contributed by atoms with E-state index in [2.05, 4.69) is 15.1 Å². The molecule has 2 aliphatic heterocycles. The fraction of sp³-hybridized carbons (Fsp3) is 1.00. The van der Waals surface area contributed by atoms with Gasteiger partial charge < -0.3 is 15.3 Å². The first kappa shape index (κ1) is 13.3. The molecule has 1 atom stereocenters. The third-order valence-corrected chi connectivity index (χ3v) is 3.85. The second-order valence-electron chi connectivity index (χ2n) is 5.42. The van der Waals surface area contributed by atoms with Crippen molar-refractivity contribution < 1.29 is 5.11 Å². The lowest BCUT2D eigenvalue weighted by atomic mass is 10.2. The highest BCUT2D eigenvalue weighted by atomic mass is 16.3. The Hall–Kier alpha value is -0.160. The molecule has 0 aliphatic carbocycles. The van der Waals surface area contributed by atoms with Crippen molar-refractivity contribution in [3.8, 4) is 0 Å². The monoisotopic (exact) mass is 241 g/mol. The minimum Gasteiger partial charge on any atom is -0.390 e. The van der Waals surface area contributed by atoms with E-state index in [9.17, 15) is 5.11 Å². The van der Waals surface area contributed by atoms with Gasteiger partial charge in [0.15, 0.2) is 0 Å². The number of nitrogens with one attached hydrogen (secondary N) is 1. The van der Waals surface area contributed by atoms with E-state index in [1.54, 1.807) is 0 Å². The van der Waals surface area contributed by atoms with E-state index >= 15 is 0 Å². The Labute approximate surface area is 105 Å². The molecule has 0 aromatic heterocycles. The summed E-state index contributed by atoms with van der Waals surface area (Å²) in [5.41, 5.74) is 0. The number of piperazine rings is 1. The maximum absolute atomic E-state index is 10.1. The Kier molecular flexibility index (Phi) is 5.71. The van der Waals surface area contributed by atoms with E-state index < -0.39 is 0 Å². The number of hydrogen-bond acceptors (Lipinski definition) is 4. The van der Waals surface area contributed by atoms with Crippen LogP contribution in [-0.2, 0) is 0 Å². The summed E-state index contributed by atoms with van der Waals surface area (Å²) < 4.78 is 0. The summed E-state index contributed by atoms with van der Waals surface area (Å²) in [4.78, 5) is 4.82. The fourth-order valence-electron chi connectivity index (χ4n) is 2.87. The molecular formula is C13H27N3O. The van der Waals surface area contributed by atoms with Gasteiger partial charge in [-0.25, -0.2) is 0 Å². The van der Waals surface area contributed by atoms with Crippen molar-refractivity contribution in [1.29, 1.82) is 0 Å². The lowest BCUT2D eigenvalue weighted by Gasteiger charge is -2.31. The molecule has 4 heteroatoms. The second-order valence-corrected chi connectivity index (χ2v) is 5.42. The Bertz CT molecular complexity index is 199. The van der Waals surface area contributed by atoms with Crippen LogP contribution in [-0.4, -0.2) is 73.4 Å². The summed E-state index contributed by atoms with van der Waals surface area (Å²) in [5, 5.41) is 13.5. The molecule has 2 aliphatic rings. The summed E-state index contributed by atoms with van der Waals surface area (Å²) in [6, 6.07) is 0. The van der Waals surface area contributed by atoms with Crippen LogP contribution in [0.25, 0.3) is 0 Å². The zero-order chi connectivity index (χ0) is 11.9. The first-order chi connectivity index (χ1) is 8.34. The van der Waals surface area contributed by atoms with Gasteiger partial charge in [-0.2, -0.15) is 0 Å². The molecule has 2 fully saturated rings. The fourth-order valence-corrected chi connectivity index (χ4v) is 2.87. The summed E-state index contributed by atoms with van der Waals surface area (Å²) in [6.45, 7) is 8.36. The molecule has 1 unspecified atom stereocenters. The van der Waals surface area contributed by atoms with Gasteiger partial charge in [-0.05, 0) is 25.9 Å². The third kappa shape index (κ3) is 4.92. The van der Waals surface area contributed by atoms with Gasteiger partial charge in [0.1, 0.15) is 0 Å². The predicted molar refractivity (Wildman–Crippen MR) is 70.2 cm³/mol. The van der Waals surface area contributed by atoms with Crippen LogP contribution in [0.5, 0.6) is 0 Å². The predicted octanol–water partition coefficient (Wildman–Crippen LogP) is 0.129. The molecule has 0 aromatic carbocycles. The van der Waals surface area contributed by atoms with Crippen molar-refractivity contribution in [2.24, 2.45) is 0 Å². The Morgan fingerprint density at radius 2 is 1.35 bits per heavy atom. The van der Waals surface area contributed by atoms with Crippen LogP contribution in [0.4, 0.5) is 0 Å². The molecule has 2 saturated heterocycles. The topological polar surface area (TPSA) is 38.7 Å². The van der Waals surface area contributed by atoms with Gasteiger partial charge >= 0.3 is 0 Å². The van der Waals surface area contributed by atoms with Crippen molar-refractivity contribution in [3.05, 3.63) is 0 Å². The first-order valence-corrected chi connectivity index (χ1v) is 7.18. The molecule has 2 rings (SSSR count). The zero-order valence-electron chi connectivity index (χ0n) is 10.9. The molecule has 0 bridgehead atoms. The minimum atomic E-state index is -0.175. The standard InChI is InChI=1S/C13H27N3O/c17-13(12-16-9-5-14-6-10-16)11-15-7-3-1-2-4-8-15/h13-14,17H,1-12H2. The number of hydrogen-bond donors (Lipinski definition) is 2. The molecule has 100 valence electrons. The molecule has 0 aromatic rings. The van der Waals surface area contributed by atoms with E-state index in [-0.39, 0.29) is 6.10 Å². The third-order valence-electron chi connectivity index (χ3n) is 3.85. The maximum atomic E-state index is 10.1. The smallest absolute Gasteiger partial charge is 0.0793 e. The Morgan fingerprint density at radius 3 is 1.94 bits per heavy atom. The van der Waals surface area contributed by atoms with E-state index in [0.29, 0.717) is 0 Å². The minimum absolute atomic E-state index is 0.175. The summed E-state index contributed by atoms with van der Waals surface area (Å²) in [5.74, 6) is 0.